The molecule has 0 fully saturated rings. The van der Waals surface area contributed by atoms with Crippen molar-refractivity contribution in [2.75, 3.05) is 0 Å². The van der Waals surface area contributed by atoms with Crippen molar-refractivity contribution >= 4 is 22.9 Å². The third-order valence-corrected chi connectivity index (χ3v) is 4.96. The molecule has 0 aliphatic carbocycles. The number of aromatic nitrogens is 4. The standard InChI is InChI=1S/C16H17FN4O2S/c1-4-21-12-13(19(2)16(23)20(3)14(12)22)18-15(21)24-9-10-5-7-11(17)8-6-10/h5-8H,4,9H2,1-3H3. The summed E-state index contributed by atoms with van der Waals surface area (Å²) in [6.07, 6.45) is 0. The molecule has 0 unspecified atom stereocenters. The first-order valence-electron chi connectivity index (χ1n) is 7.47. The minimum atomic E-state index is -0.400. The number of halogens is 1. The first-order chi connectivity index (χ1) is 11.4. The molecule has 8 heteroatoms. The van der Waals surface area contributed by atoms with E-state index in [0.29, 0.717) is 28.6 Å². The van der Waals surface area contributed by atoms with Crippen LogP contribution in [0.3, 0.4) is 0 Å². The van der Waals surface area contributed by atoms with Gasteiger partial charge in [0, 0.05) is 26.4 Å². The van der Waals surface area contributed by atoms with E-state index >= 15 is 0 Å². The number of fused-ring (bicyclic) bond motifs is 1. The molecule has 2 aromatic heterocycles. The lowest BCUT2D eigenvalue weighted by atomic mass is 10.2. The number of hydrogen-bond donors (Lipinski definition) is 0. The molecular weight excluding hydrogens is 331 g/mol. The predicted molar refractivity (Wildman–Crippen MR) is 91.9 cm³/mol. The highest BCUT2D eigenvalue weighted by molar-refractivity contribution is 7.98. The van der Waals surface area contributed by atoms with E-state index in [-0.39, 0.29) is 11.4 Å². The third kappa shape index (κ3) is 2.66. The van der Waals surface area contributed by atoms with Crippen LogP contribution in [-0.2, 0) is 26.4 Å². The number of aryl methyl sites for hydroxylation is 2. The van der Waals surface area contributed by atoms with Gasteiger partial charge in [-0.1, -0.05) is 23.9 Å². The van der Waals surface area contributed by atoms with Gasteiger partial charge in [-0.2, -0.15) is 0 Å². The minimum absolute atomic E-state index is 0.275. The Morgan fingerprint density at radius 2 is 1.79 bits per heavy atom. The van der Waals surface area contributed by atoms with Gasteiger partial charge in [-0.15, -0.1) is 0 Å². The van der Waals surface area contributed by atoms with Gasteiger partial charge in [0.1, 0.15) is 5.82 Å². The van der Waals surface area contributed by atoms with Gasteiger partial charge >= 0.3 is 5.69 Å². The Bertz CT molecular complexity index is 1020. The number of nitrogens with zero attached hydrogens (tertiary/aromatic N) is 4. The summed E-state index contributed by atoms with van der Waals surface area (Å²) in [4.78, 5) is 29.0. The molecule has 0 radical (unpaired) electrons. The molecule has 0 aliphatic heterocycles. The second-order valence-electron chi connectivity index (χ2n) is 5.43. The number of imidazole rings is 1. The van der Waals surface area contributed by atoms with Crippen LogP contribution >= 0.6 is 11.8 Å². The Labute approximate surface area is 141 Å². The molecule has 6 nitrogen and oxygen atoms in total. The zero-order valence-corrected chi connectivity index (χ0v) is 14.4. The van der Waals surface area contributed by atoms with Gasteiger partial charge in [-0.3, -0.25) is 13.9 Å². The lowest BCUT2D eigenvalue weighted by molar-refractivity contribution is 0.627. The van der Waals surface area contributed by atoms with Crippen molar-refractivity contribution in [3.05, 3.63) is 56.5 Å². The Hall–Kier alpha value is -2.35. The summed E-state index contributed by atoms with van der Waals surface area (Å²) in [5.74, 6) is 0.320. The molecule has 0 saturated carbocycles. The molecule has 0 spiro atoms. The van der Waals surface area contributed by atoms with Gasteiger partial charge in [-0.05, 0) is 24.6 Å². The number of hydrogen-bond acceptors (Lipinski definition) is 4. The first kappa shape index (κ1) is 16.5. The predicted octanol–water partition coefficient (Wildman–Crippen LogP) is 1.88. The molecule has 2 heterocycles. The highest BCUT2D eigenvalue weighted by atomic mass is 32.2. The number of thioether (sulfide) groups is 1. The van der Waals surface area contributed by atoms with Gasteiger partial charge in [0.05, 0.1) is 0 Å². The molecule has 24 heavy (non-hydrogen) atoms. The molecule has 0 saturated heterocycles. The average Bonchev–Trinajstić information content (AvgIpc) is 2.96. The molecule has 0 bridgehead atoms. The van der Waals surface area contributed by atoms with Crippen molar-refractivity contribution in [1.29, 1.82) is 0 Å². The maximum Gasteiger partial charge on any atom is 0.332 e. The van der Waals surface area contributed by atoms with E-state index < -0.39 is 5.69 Å². The van der Waals surface area contributed by atoms with Crippen LogP contribution in [-0.4, -0.2) is 18.7 Å². The molecule has 3 rings (SSSR count). The minimum Gasteiger partial charge on any atom is -0.313 e. The summed E-state index contributed by atoms with van der Waals surface area (Å²) in [6, 6.07) is 6.27. The fraction of sp³-hybridized carbons (Fsp3) is 0.312. The van der Waals surface area contributed by atoms with Crippen LogP contribution in [0.25, 0.3) is 11.2 Å². The van der Waals surface area contributed by atoms with E-state index in [4.69, 9.17) is 0 Å². The largest absolute Gasteiger partial charge is 0.332 e. The molecule has 3 aromatic rings. The maximum atomic E-state index is 13.0. The van der Waals surface area contributed by atoms with Crippen molar-refractivity contribution < 1.29 is 4.39 Å². The second-order valence-corrected chi connectivity index (χ2v) is 6.37. The Kier molecular flexibility index (Phi) is 4.31. The van der Waals surface area contributed by atoms with Crippen LogP contribution in [0.15, 0.2) is 39.0 Å². The topological polar surface area (TPSA) is 61.8 Å². The zero-order valence-electron chi connectivity index (χ0n) is 13.6. The SMILES string of the molecule is CCn1c(SCc2ccc(F)cc2)nc2c1c(=O)n(C)c(=O)n2C. The summed E-state index contributed by atoms with van der Waals surface area (Å²) < 4.78 is 17.3. The van der Waals surface area contributed by atoms with E-state index in [9.17, 15) is 14.0 Å². The monoisotopic (exact) mass is 348 g/mol. The number of rotatable bonds is 4. The van der Waals surface area contributed by atoms with E-state index in [1.54, 1.807) is 19.2 Å². The van der Waals surface area contributed by atoms with Gasteiger partial charge in [0.2, 0.25) is 0 Å². The normalized spacial score (nSPS) is 11.3. The molecule has 0 aliphatic rings. The smallest absolute Gasteiger partial charge is 0.313 e. The lowest BCUT2D eigenvalue weighted by Gasteiger charge is -2.06. The molecule has 1 aromatic carbocycles. The molecule has 0 amide bonds. The molecule has 126 valence electrons. The first-order valence-corrected chi connectivity index (χ1v) is 8.46. The number of benzene rings is 1. The molecule has 0 atom stereocenters. The third-order valence-electron chi connectivity index (χ3n) is 3.91. The second kappa shape index (κ2) is 6.27. The summed E-state index contributed by atoms with van der Waals surface area (Å²) in [7, 11) is 3.06. The summed E-state index contributed by atoms with van der Waals surface area (Å²) >= 11 is 1.45. The van der Waals surface area contributed by atoms with Crippen molar-refractivity contribution in [2.24, 2.45) is 14.1 Å². The van der Waals surface area contributed by atoms with Gasteiger partial charge in [0.15, 0.2) is 16.3 Å². The van der Waals surface area contributed by atoms with E-state index in [2.05, 4.69) is 4.98 Å². The fourth-order valence-electron chi connectivity index (χ4n) is 2.56. The van der Waals surface area contributed by atoms with Gasteiger partial charge in [-0.25, -0.2) is 14.2 Å². The van der Waals surface area contributed by atoms with Crippen molar-refractivity contribution in [1.82, 2.24) is 18.7 Å². The van der Waals surface area contributed by atoms with Crippen LogP contribution in [0.4, 0.5) is 4.39 Å². The van der Waals surface area contributed by atoms with Gasteiger partial charge in [0.25, 0.3) is 5.56 Å². The fourth-order valence-corrected chi connectivity index (χ4v) is 3.57. The zero-order chi connectivity index (χ0) is 17.4. The summed E-state index contributed by atoms with van der Waals surface area (Å²) in [6.45, 7) is 2.49. The van der Waals surface area contributed by atoms with Crippen LogP contribution < -0.4 is 11.2 Å². The highest BCUT2D eigenvalue weighted by Crippen LogP contribution is 2.25. The quantitative estimate of drug-likeness (QED) is 0.676. The van der Waals surface area contributed by atoms with E-state index in [0.717, 1.165) is 10.1 Å². The Balaban J connectivity index is 2.07. The average molecular weight is 348 g/mol. The maximum absolute atomic E-state index is 13.0. The van der Waals surface area contributed by atoms with Crippen LogP contribution in [0.2, 0.25) is 0 Å². The van der Waals surface area contributed by atoms with Crippen LogP contribution in [0.5, 0.6) is 0 Å². The van der Waals surface area contributed by atoms with Crippen molar-refractivity contribution in [2.45, 2.75) is 24.4 Å². The molecule has 0 N–H and O–H groups in total. The van der Waals surface area contributed by atoms with E-state index in [1.807, 2.05) is 11.5 Å². The highest BCUT2D eigenvalue weighted by Gasteiger charge is 2.18. The lowest BCUT2D eigenvalue weighted by Crippen LogP contribution is -2.37. The van der Waals surface area contributed by atoms with Crippen LogP contribution in [0, 0.1) is 5.82 Å². The van der Waals surface area contributed by atoms with Crippen molar-refractivity contribution in [3.8, 4) is 0 Å². The van der Waals surface area contributed by atoms with Crippen LogP contribution in [0.1, 0.15) is 12.5 Å². The Morgan fingerprint density at radius 1 is 1.12 bits per heavy atom. The van der Waals surface area contributed by atoms with Gasteiger partial charge < -0.3 is 4.57 Å². The summed E-state index contributed by atoms with van der Waals surface area (Å²) in [5, 5.41) is 0.662. The Morgan fingerprint density at radius 3 is 2.42 bits per heavy atom. The molecular formula is C16H17FN4O2S. The van der Waals surface area contributed by atoms with E-state index in [1.165, 1.54) is 35.5 Å². The summed E-state index contributed by atoms with van der Waals surface area (Å²) in [5.41, 5.74) is 1.01. The van der Waals surface area contributed by atoms with Crippen molar-refractivity contribution in [3.63, 3.8) is 0 Å².